The Labute approximate surface area is 232 Å². The summed E-state index contributed by atoms with van der Waals surface area (Å²) >= 11 is 6.69. The van der Waals surface area contributed by atoms with Crippen LogP contribution in [0.15, 0.2) is 56.3 Å². The van der Waals surface area contributed by atoms with E-state index in [9.17, 15) is 27.6 Å². The Bertz CT molecular complexity index is 1450. The Hall–Kier alpha value is -2.86. The minimum atomic E-state index is -4.48. The fourth-order valence-electron chi connectivity index (χ4n) is 4.99. The van der Waals surface area contributed by atoms with Gasteiger partial charge in [0.05, 0.1) is 16.9 Å². The molecule has 2 heterocycles. The van der Waals surface area contributed by atoms with Gasteiger partial charge in [-0.05, 0) is 75.4 Å². The number of alkyl halides is 3. The molecule has 1 aliphatic heterocycles. The van der Waals surface area contributed by atoms with E-state index in [4.69, 9.17) is 5.73 Å². The second kappa shape index (κ2) is 10.0. The number of hydrogen-bond acceptors (Lipinski definition) is 4. The van der Waals surface area contributed by atoms with Gasteiger partial charge in [-0.25, -0.2) is 4.79 Å². The first-order valence-corrected chi connectivity index (χ1v) is 13.6. The molecule has 2 atom stereocenters. The standard InChI is InChI=1S/C26H23Br2F3N4O3/c27-19-9-14(10-20(28)22(19)32)23(36)17-11-18(17)24(37)34-6-4-16(5-7-34)35-12-21(33-25(35)38)13-2-1-3-15(8-13)26(29,30)31/h1-3,8-10,12,16-18H,4-7,11,32H2,(H,33,38)/t17-,18-/m1/s1. The Balaban J connectivity index is 1.21. The van der Waals surface area contributed by atoms with Crippen molar-refractivity contribution in [3.8, 4) is 11.3 Å². The summed E-state index contributed by atoms with van der Waals surface area (Å²) in [5.41, 5.74) is 6.27. The van der Waals surface area contributed by atoms with Crippen molar-refractivity contribution in [2.24, 2.45) is 11.8 Å². The molecule has 200 valence electrons. The molecule has 0 bridgehead atoms. The van der Waals surface area contributed by atoms with E-state index in [2.05, 4.69) is 36.8 Å². The number of anilines is 1. The van der Waals surface area contributed by atoms with Crippen molar-refractivity contribution in [1.29, 1.82) is 0 Å². The van der Waals surface area contributed by atoms with E-state index in [0.717, 1.165) is 12.1 Å². The van der Waals surface area contributed by atoms with Gasteiger partial charge in [-0.1, -0.05) is 12.1 Å². The number of nitrogens with zero attached hydrogens (tertiary/aromatic N) is 2. The monoisotopic (exact) mass is 654 g/mol. The van der Waals surface area contributed by atoms with E-state index in [0.29, 0.717) is 58.2 Å². The lowest BCUT2D eigenvalue weighted by Crippen LogP contribution is -2.41. The average molecular weight is 656 g/mol. The molecule has 1 aliphatic carbocycles. The summed E-state index contributed by atoms with van der Waals surface area (Å²) in [6, 6.07) is 7.94. The Morgan fingerprint density at radius 3 is 2.32 bits per heavy atom. The number of ketones is 1. The number of amides is 1. The number of nitrogen functional groups attached to an aromatic ring is 1. The first-order valence-electron chi connectivity index (χ1n) is 12.0. The first kappa shape index (κ1) is 26.7. The van der Waals surface area contributed by atoms with E-state index >= 15 is 0 Å². The number of rotatable bonds is 5. The number of Topliss-reactive ketones (excluding diaryl/α,β-unsaturated/α-hetero) is 1. The van der Waals surface area contributed by atoms with Gasteiger partial charge in [0.15, 0.2) is 5.78 Å². The zero-order valence-electron chi connectivity index (χ0n) is 19.9. The summed E-state index contributed by atoms with van der Waals surface area (Å²) in [4.78, 5) is 43.0. The molecule has 1 saturated carbocycles. The summed E-state index contributed by atoms with van der Waals surface area (Å²) in [5, 5.41) is 0. The number of aromatic nitrogens is 2. The van der Waals surface area contributed by atoms with Crippen LogP contribution in [0.3, 0.4) is 0 Å². The Kier molecular flexibility index (Phi) is 7.06. The fourth-order valence-corrected chi connectivity index (χ4v) is 6.17. The van der Waals surface area contributed by atoms with Gasteiger partial charge in [0.2, 0.25) is 5.91 Å². The highest BCUT2D eigenvalue weighted by Crippen LogP contribution is 2.44. The smallest absolute Gasteiger partial charge is 0.397 e. The number of piperidine rings is 1. The van der Waals surface area contributed by atoms with Gasteiger partial charge in [-0.15, -0.1) is 0 Å². The van der Waals surface area contributed by atoms with Gasteiger partial charge in [0.25, 0.3) is 0 Å². The van der Waals surface area contributed by atoms with Crippen LogP contribution in [0.1, 0.15) is 41.2 Å². The number of carbonyl (C=O) groups is 2. The Morgan fingerprint density at radius 2 is 1.68 bits per heavy atom. The molecule has 3 aromatic rings. The fraction of sp³-hybridized carbons (Fsp3) is 0.346. The third-order valence-corrected chi connectivity index (χ3v) is 8.53. The predicted octanol–water partition coefficient (Wildman–Crippen LogP) is 5.65. The van der Waals surface area contributed by atoms with Crippen molar-refractivity contribution in [3.05, 3.63) is 73.2 Å². The number of hydrogen-bond donors (Lipinski definition) is 2. The number of carbonyl (C=O) groups excluding carboxylic acids is 2. The molecule has 1 amide bonds. The van der Waals surface area contributed by atoms with E-state index in [-0.39, 0.29) is 35.1 Å². The lowest BCUT2D eigenvalue weighted by Gasteiger charge is -2.32. The molecule has 0 spiro atoms. The number of aromatic amines is 1. The molecule has 2 aromatic carbocycles. The summed E-state index contributed by atoms with van der Waals surface area (Å²) in [5.74, 6) is -0.899. The van der Waals surface area contributed by atoms with Gasteiger partial charge in [0.1, 0.15) is 0 Å². The topological polar surface area (TPSA) is 101 Å². The highest BCUT2D eigenvalue weighted by atomic mass is 79.9. The molecule has 3 N–H and O–H groups in total. The summed E-state index contributed by atoms with van der Waals surface area (Å²) in [6.45, 7) is 0.854. The van der Waals surface area contributed by atoms with Crippen molar-refractivity contribution >= 4 is 49.2 Å². The normalized spacial score (nSPS) is 20.0. The third-order valence-electron chi connectivity index (χ3n) is 7.22. The van der Waals surface area contributed by atoms with Crippen LogP contribution in [0.4, 0.5) is 18.9 Å². The zero-order chi connectivity index (χ0) is 27.4. The molecule has 2 fully saturated rings. The molecule has 0 unspecified atom stereocenters. The minimum absolute atomic E-state index is 0.0681. The maximum absolute atomic E-state index is 13.1. The molecule has 2 aliphatic rings. The van der Waals surface area contributed by atoms with E-state index < -0.39 is 17.4 Å². The predicted molar refractivity (Wildman–Crippen MR) is 143 cm³/mol. The van der Waals surface area contributed by atoms with Crippen LogP contribution in [-0.4, -0.2) is 39.2 Å². The number of benzene rings is 2. The summed E-state index contributed by atoms with van der Waals surface area (Å²) in [6.07, 6.45) is -1.40. The maximum atomic E-state index is 13.1. The molecule has 12 heteroatoms. The average Bonchev–Trinajstić information content (AvgIpc) is 3.60. The van der Waals surface area contributed by atoms with Crippen LogP contribution in [0.2, 0.25) is 0 Å². The molecule has 1 saturated heterocycles. The highest BCUT2D eigenvalue weighted by Gasteiger charge is 2.50. The van der Waals surface area contributed by atoms with E-state index in [1.54, 1.807) is 23.2 Å². The van der Waals surface area contributed by atoms with Gasteiger partial charge in [-0.2, -0.15) is 13.2 Å². The molecule has 1 aromatic heterocycles. The van der Waals surface area contributed by atoms with Crippen LogP contribution in [0.5, 0.6) is 0 Å². The maximum Gasteiger partial charge on any atom is 0.416 e. The van der Waals surface area contributed by atoms with Crippen molar-refractivity contribution in [3.63, 3.8) is 0 Å². The summed E-state index contributed by atoms with van der Waals surface area (Å²) in [7, 11) is 0. The van der Waals surface area contributed by atoms with Crippen molar-refractivity contribution in [2.45, 2.75) is 31.5 Å². The van der Waals surface area contributed by atoms with Gasteiger partial charge in [-0.3, -0.25) is 14.2 Å². The lowest BCUT2D eigenvalue weighted by atomic mass is 10.0. The van der Waals surface area contributed by atoms with Gasteiger partial charge < -0.3 is 15.6 Å². The van der Waals surface area contributed by atoms with Gasteiger partial charge in [0, 0.05) is 57.2 Å². The van der Waals surface area contributed by atoms with Crippen LogP contribution in [0.25, 0.3) is 11.3 Å². The number of imidazole rings is 1. The second-order valence-electron chi connectivity index (χ2n) is 9.68. The molecule has 38 heavy (non-hydrogen) atoms. The lowest BCUT2D eigenvalue weighted by molar-refractivity contribution is -0.137. The second-order valence-corrected chi connectivity index (χ2v) is 11.4. The summed E-state index contributed by atoms with van der Waals surface area (Å²) < 4.78 is 42.0. The third kappa shape index (κ3) is 5.20. The van der Waals surface area contributed by atoms with E-state index in [1.165, 1.54) is 16.7 Å². The van der Waals surface area contributed by atoms with Crippen LogP contribution in [0, 0.1) is 11.8 Å². The molecule has 7 nitrogen and oxygen atoms in total. The van der Waals surface area contributed by atoms with Crippen LogP contribution >= 0.6 is 31.9 Å². The SMILES string of the molecule is Nc1c(Br)cc(C(=O)[C@@H]2C[C@H]2C(=O)N2CCC(n3cc(-c4cccc(C(F)(F)F)c4)[nH]c3=O)CC2)cc1Br. The first-order chi connectivity index (χ1) is 17.9. The number of nitrogens with one attached hydrogen (secondary N) is 1. The zero-order valence-corrected chi connectivity index (χ0v) is 23.1. The molecule has 0 radical (unpaired) electrons. The molecule has 5 rings (SSSR count). The van der Waals surface area contributed by atoms with Crippen LogP contribution < -0.4 is 11.4 Å². The van der Waals surface area contributed by atoms with Crippen molar-refractivity contribution < 1.29 is 22.8 Å². The molecular formula is C26H23Br2F3N4O3. The quantitative estimate of drug-likeness (QED) is 0.274. The van der Waals surface area contributed by atoms with Crippen molar-refractivity contribution in [1.82, 2.24) is 14.5 Å². The Morgan fingerprint density at radius 1 is 1.03 bits per heavy atom. The van der Waals surface area contributed by atoms with Gasteiger partial charge >= 0.3 is 11.9 Å². The van der Waals surface area contributed by atoms with E-state index in [1.807, 2.05) is 0 Å². The number of nitrogens with two attached hydrogens (primary N) is 1. The van der Waals surface area contributed by atoms with Crippen LogP contribution in [-0.2, 0) is 11.0 Å². The minimum Gasteiger partial charge on any atom is -0.397 e. The largest absolute Gasteiger partial charge is 0.416 e. The molecular weight excluding hydrogens is 633 g/mol. The number of H-pyrrole nitrogens is 1. The number of halogens is 5. The highest BCUT2D eigenvalue weighted by molar-refractivity contribution is 9.11. The van der Waals surface area contributed by atoms with Crippen molar-refractivity contribution in [2.75, 3.05) is 18.8 Å². The number of likely N-dealkylation sites (tertiary alicyclic amines) is 1.